The average molecular weight is 495 g/mol. The van der Waals surface area contributed by atoms with Gasteiger partial charge in [0.2, 0.25) is 0 Å². The molecule has 0 radical (unpaired) electrons. The van der Waals surface area contributed by atoms with Crippen molar-refractivity contribution in [1.29, 1.82) is 0 Å². The Morgan fingerprint density at radius 2 is 1.03 bits per heavy atom. The van der Waals surface area contributed by atoms with E-state index in [1.165, 1.54) is 0 Å². The summed E-state index contributed by atoms with van der Waals surface area (Å²) >= 11 is 0. The molecule has 1 aromatic rings. The monoisotopic (exact) mass is 494 g/mol. The van der Waals surface area contributed by atoms with Gasteiger partial charge in [-0.2, -0.15) is 0 Å². The van der Waals surface area contributed by atoms with Gasteiger partial charge in [0.15, 0.2) is 0 Å². The van der Waals surface area contributed by atoms with Crippen molar-refractivity contribution in [2.75, 3.05) is 26.4 Å². The van der Waals surface area contributed by atoms with E-state index in [0.717, 1.165) is 76.4 Å². The molecule has 190 valence electrons. The van der Waals surface area contributed by atoms with Gasteiger partial charge in [0.25, 0.3) is 0 Å². The summed E-state index contributed by atoms with van der Waals surface area (Å²) in [5.74, 6) is -0.784. The van der Waals surface area contributed by atoms with Crippen LogP contribution in [0.5, 0.6) is 0 Å². The van der Waals surface area contributed by atoms with E-state index < -0.39 is 19.5 Å². The van der Waals surface area contributed by atoms with Gasteiger partial charge in [-0.3, -0.25) is 4.57 Å². The van der Waals surface area contributed by atoms with Crippen LogP contribution >= 0.6 is 7.60 Å². The maximum Gasteiger partial charge on any atom is 0.361 e. The van der Waals surface area contributed by atoms with Gasteiger partial charge in [0.05, 0.1) is 31.7 Å². The van der Waals surface area contributed by atoms with Crippen LogP contribution in [0.4, 0.5) is 0 Å². The fourth-order valence-corrected chi connectivity index (χ4v) is 4.75. The highest BCUT2D eigenvalue weighted by Gasteiger charge is 2.27. The molecule has 1 aromatic carbocycles. The summed E-state index contributed by atoms with van der Waals surface area (Å²) in [7, 11) is -3.37. The molecule has 0 aliphatic carbocycles. The van der Waals surface area contributed by atoms with Crippen LogP contribution in [0.15, 0.2) is 55.6 Å². The zero-order chi connectivity index (χ0) is 24.9. The van der Waals surface area contributed by atoms with Gasteiger partial charge in [-0.05, 0) is 37.8 Å². The molecule has 0 aromatic heterocycles. The fraction of sp³-hybridized carbons (Fsp3) is 0.538. The number of hydrogen-bond donors (Lipinski definition) is 0. The Morgan fingerprint density at radius 1 is 0.647 bits per heavy atom. The normalized spacial score (nSPS) is 11.1. The Hall–Kier alpha value is -2.21. The van der Waals surface area contributed by atoms with Gasteiger partial charge in [-0.25, -0.2) is 9.59 Å². The Kier molecular flexibility index (Phi) is 16.8. The molecule has 7 nitrogen and oxygen atoms in total. The molecule has 34 heavy (non-hydrogen) atoms. The first kappa shape index (κ1) is 29.8. The minimum Gasteiger partial charge on any atom is -0.463 e. The number of esters is 2. The van der Waals surface area contributed by atoms with Crippen molar-refractivity contribution >= 4 is 24.8 Å². The van der Waals surface area contributed by atoms with Crippen molar-refractivity contribution in [2.45, 2.75) is 64.2 Å². The first-order chi connectivity index (χ1) is 16.5. The molecular weight excluding hydrogens is 455 g/mol. The number of rotatable bonds is 21. The molecule has 0 unspecified atom stereocenters. The van der Waals surface area contributed by atoms with Crippen molar-refractivity contribution < 1.29 is 32.7 Å². The minimum absolute atomic E-state index is 0.362. The predicted molar refractivity (Wildman–Crippen MR) is 134 cm³/mol. The van der Waals surface area contributed by atoms with Crippen LogP contribution in [-0.4, -0.2) is 38.4 Å². The van der Waals surface area contributed by atoms with E-state index in [4.69, 9.17) is 18.5 Å². The van der Waals surface area contributed by atoms with Crippen LogP contribution in [-0.2, 0) is 32.7 Å². The summed E-state index contributed by atoms with van der Waals surface area (Å²) < 4.78 is 34.8. The Balaban J connectivity index is 2.24. The summed E-state index contributed by atoms with van der Waals surface area (Å²) in [6.45, 7) is 8.26. The van der Waals surface area contributed by atoms with Gasteiger partial charge in [0, 0.05) is 12.2 Å². The summed E-state index contributed by atoms with van der Waals surface area (Å²) in [5.41, 5.74) is 0. The highest BCUT2D eigenvalue weighted by Crippen LogP contribution is 2.47. The Bertz CT molecular complexity index is 722. The van der Waals surface area contributed by atoms with Crippen molar-refractivity contribution in [3.05, 3.63) is 55.6 Å². The second kappa shape index (κ2) is 19.1. The summed E-state index contributed by atoms with van der Waals surface area (Å²) in [6.07, 6.45) is 11.3. The maximum atomic E-state index is 13.4. The SMILES string of the molecule is C=CC(=O)OCCCCCCCOP(=O)(OCCCCCCCOC(=O)C=C)c1ccccc1. The lowest BCUT2D eigenvalue weighted by molar-refractivity contribution is -0.138. The number of ether oxygens (including phenoxy) is 2. The van der Waals surface area contributed by atoms with Crippen LogP contribution < -0.4 is 5.30 Å². The molecule has 0 bridgehead atoms. The lowest BCUT2D eigenvalue weighted by Crippen LogP contribution is -2.11. The van der Waals surface area contributed by atoms with E-state index in [1.807, 2.05) is 18.2 Å². The summed E-state index contributed by atoms with van der Waals surface area (Å²) in [6, 6.07) is 9.07. The summed E-state index contributed by atoms with van der Waals surface area (Å²) in [5, 5.41) is 0.572. The lowest BCUT2D eigenvalue weighted by Gasteiger charge is -2.19. The van der Waals surface area contributed by atoms with Gasteiger partial charge in [-0.15, -0.1) is 0 Å². The van der Waals surface area contributed by atoms with E-state index in [2.05, 4.69) is 13.2 Å². The van der Waals surface area contributed by atoms with Crippen LogP contribution in [0.3, 0.4) is 0 Å². The molecule has 0 spiro atoms. The zero-order valence-corrected chi connectivity index (χ0v) is 21.1. The molecule has 0 saturated heterocycles. The highest BCUT2D eigenvalue weighted by molar-refractivity contribution is 7.62. The third-order valence-corrected chi connectivity index (χ3v) is 6.97. The second-order valence-corrected chi connectivity index (χ2v) is 9.81. The molecule has 8 heteroatoms. The number of carbonyl (C=O) groups excluding carboxylic acids is 2. The molecule has 1 rings (SSSR count). The van der Waals surface area contributed by atoms with Crippen LogP contribution in [0.2, 0.25) is 0 Å². The number of hydrogen-bond acceptors (Lipinski definition) is 7. The first-order valence-electron chi connectivity index (χ1n) is 12.0. The Labute approximate surface area is 204 Å². The van der Waals surface area contributed by atoms with Crippen LogP contribution in [0, 0.1) is 0 Å². The first-order valence-corrected chi connectivity index (χ1v) is 13.6. The lowest BCUT2D eigenvalue weighted by atomic mass is 10.1. The largest absolute Gasteiger partial charge is 0.463 e. The van der Waals surface area contributed by atoms with E-state index in [9.17, 15) is 14.2 Å². The molecule has 0 heterocycles. The number of carbonyl (C=O) groups is 2. The Morgan fingerprint density at radius 3 is 1.44 bits per heavy atom. The van der Waals surface area contributed by atoms with E-state index in [0.29, 0.717) is 31.7 Å². The van der Waals surface area contributed by atoms with E-state index >= 15 is 0 Å². The van der Waals surface area contributed by atoms with Crippen molar-refractivity contribution in [1.82, 2.24) is 0 Å². The average Bonchev–Trinajstić information content (AvgIpc) is 2.86. The molecular formula is C26H39O7P. The smallest absolute Gasteiger partial charge is 0.361 e. The molecule has 0 aliphatic rings. The molecule has 0 amide bonds. The highest BCUT2D eigenvalue weighted by atomic mass is 31.2. The van der Waals surface area contributed by atoms with Crippen LogP contribution in [0.25, 0.3) is 0 Å². The maximum absolute atomic E-state index is 13.4. The molecule has 0 atom stereocenters. The quantitative estimate of drug-likeness (QED) is 0.0910. The molecule has 0 aliphatic heterocycles. The molecule has 0 fully saturated rings. The van der Waals surface area contributed by atoms with Crippen molar-refractivity contribution in [3.63, 3.8) is 0 Å². The topological polar surface area (TPSA) is 88.1 Å². The third kappa shape index (κ3) is 14.1. The van der Waals surface area contributed by atoms with Crippen molar-refractivity contribution in [3.8, 4) is 0 Å². The van der Waals surface area contributed by atoms with E-state index in [1.54, 1.807) is 12.1 Å². The van der Waals surface area contributed by atoms with Gasteiger partial charge in [0.1, 0.15) is 0 Å². The van der Waals surface area contributed by atoms with Crippen molar-refractivity contribution in [2.24, 2.45) is 0 Å². The van der Waals surface area contributed by atoms with E-state index in [-0.39, 0.29) is 0 Å². The second-order valence-electron chi connectivity index (χ2n) is 7.78. The van der Waals surface area contributed by atoms with Crippen LogP contribution in [0.1, 0.15) is 64.2 Å². The molecule has 0 saturated carbocycles. The van der Waals surface area contributed by atoms with Gasteiger partial charge in [-0.1, -0.05) is 69.9 Å². The number of benzene rings is 1. The molecule has 0 N–H and O–H groups in total. The number of unbranched alkanes of at least 4 members (excludes halogenated alkanes) is 8. The van der Waals surface area contributed by atoms with Gasteiger partial charge < -0.3 is 18.5 Å². The third-order valence-electron chi connectivity index (χ3n) is 4.99. The zero-order valence-electron chi connectivity index (χ0n) is 20.2. The minimum atomic E-state index is -3.37. The van der Waals surface area contributed by atoms with Gasteiger partial charge >= 0.3 is 19.5 Å². The summed E-state index contributed by atoms with van der Waals surface area (Å²) in [4.78, 5) is 22.0. The standard InChI is InChI=1S/C26H39O7P/c1-3-25(27)30-20-14-7-5-9-16-22-32-34(29,24-18-12-11-13-19-24)33-23-17-10-6-8-15-21-31-26(28)4-2/h3-4,11-13,18-19H,1-2,5-10,14-17,20-23H2. The predicted octanol–water partition coefficient (Wildman–Crippen LogP) is 5.90. The fourth-order valence-electron chi connectivity index (χ4n) is 3.10.